The number of nitrogens with zero attached hydrogens (tertiary/aromatic N) is 2. The van der Waals surface area contributed by atoms with E-state index in [4.69, 9.17) is 5.26 Å². The van der Waals surface area contributed by atoms with Crippen molar-refractivity contribution in [3.05, 3.63) is 0 Å². The van der Waals surface area contributed by atoms with Crippen LogP contribution in [0.1, 0.15) is 26.7 Å². The molecular weight excluding hydrogens is 190 g/mol. The van der Waals surface area contributed by atoms with E-state index in [1.807, 2.05) is 0 Å². The van der Waals surface area contributed by atoms with Gasteiger partial charge in [0.2, 0.25) is 0 Å². The van der Waals surface area contributed by atoms with Gasteiger partial charge in [0.1, 0.15) is 0 Å². The molecule has 0 aliphatic carbocycles. The van der Waals surface area contributed by atoms with Gasteiger partial charge in [-0.25, -0.2) is 4.79 Å². The maximum absolute atomic E-state index is 11.6. The molecule has 0 aromatic rings. The molecule has 1 rings (SSSR count). The highest BCUT2D eigenvalue weighted by Gasteiger charge is 2.22. The standard InChI is InChI=1S/C11H19N3O/c1-9(2)8-13-11(15)14-5-3-10(7-12)4-6-14/h9-10H,3-6,8H2,1-2H3,(H,13,15). The van der Waals surface area contributed by atoms with E-state index in [1.165, 1.54) is 0 Å². The molecule has 4 nitrogen and oxygen atoms in total. The second-order valence-corrected chi connectivity index (χ2v) is 4.47. The molecular formula is C11H19N3O. The van der Waals surface area contributed by atoms with E-state index in [2.05, 4.69) is 25.2 Å². The van der Waals surface area contributed by atoms with E-state index in [9.17, 15) is 4.79 Å². The molecule has 1 aliphatic heterocycles. The third-order valence-corrected chi connectivity index (χ3v) is 2.63. The van der Waals surface area contributed by atoms with Gasteiger partial charge >= 0.3 is 6.03 Å². The largest absolute Gasteiger partial charge is 0.338 e. The molecule has 0 radical (unpaired) electrons. The summed E-state index contributed by atoms with van der Waals surface area (Å²) in [4.78, 5) is 13.4. The predicted molar refractivity (Wildman–Crippen MR) is 58.1 cm³/mol. The van der Waals surface area contributed by atoms with Crippen LogP contribution in [0.25, 0.3) is 0 Å². The number of hydrogen-bond acceptors (Lipinski definition) is 2. The molecule has 15 heavy (non-hydrogen) atoms. The number of piperidine rings is 1. The SMILES string of the molecule is CC(C)CNC(=O)N1CCC(C#N)CC1. The van der Waals surface area contributed by atoms with Crippen molar-refractivity contribution in [2.24, 2.45) is 11.8 Å². The van der Waals surface area contributed by atoms with Crippen LogP contribution in [0.4, 0.5) is 4.79 Å². The topological polar surface area (TPSA) is 56.1 Å². The molecule has 4 heteroatoms. The second-order valence-electron chi connectivity index (χ2n) is 4.47. The Labute approximate surface area is 91.2 Å². The van der Waals surface area contributed by atoms with Crippen LogP contribution >= 0.6 is 0 Å². The van der Waals surface area contributed by atoms with Gasteiger partial charge in [-0.3, -0.25) is 0 Å². The van der Waals surface area contributed by atoms with Crippen molar-refractivity contribution < 1.29 is 4.79 Å². The van der Waals surface area contributed by atoms with Crippen LogP contribution in [0.3, 0.4) is 0 Å². The first-order valence-corrected chi connectivity index (χ1v) is 5.56. The Morgan fingerprint density at radius 1 is 1.53 bits per heavy atom. The van der Waals surface area contributed by atoms with Crippen molar-refractivity contribution in [3.63, 3.8) is 0 Å². The van der Waals surface area contributed by atoms with Gasteiger partial charge in [-0.2, -0.15) is 5.26 Å². The average molecular weight is 209 g/mol. The summed E-state index contributed by atoms with van der Waals surface area (Å²) in [6, 6.07) is 2.27. The Bertz CT molecular complexity index is 249. The lowest BCUT2D eigenvalue weighted by Crippen LogP contribution is -2.45. The number of hydrogen-bond donors (Lipinski definition) is 1. The Morgan fingerprint density at radius 3 is 2.60 bits per heavy atom. The van der Waals surface area contributed by atoms with Crippen molar-refractivity contribution in [2.75, 3.05) is 19.6 Å². The monoisotopic (exact) mass is 209 g/mol. The summed E-state index contributed by atoms with van der Waals surface area (Å²) in [7, 11) is 0. The highest BCUT2D eigenvalue weighted by atomic mass is 16.2. The van der Waals surface area contributed by atoms with Gasteiger partial charge in [-0.15, -0.1) is 0 Å². The van der Waals surface area contributed by atoms with Crippen molar-refractivity contribution in [1.82, 2.24) is 10.2 Å². The quantitative estimate of drug-likeness (QED) is 0.750. The fraction of sp³-hybridized carbons (Fsp3) is 0.818. The van der Waals surface area contributed by atoms with Crippen LogP contribution in [0.2, 0.25) is 0 Å². The third kappa shape index (κ3) is 3.78. The molecule has 0 saturated carbocycles. The van der Waals surface area contributed by atoms with Crippen LogP contribution < -0.4 is 5.32 Å². The molecule has 0 unspecified atom stereocenters. The van der Waals surface area contributed by atoms with Crippen LogP contribution in [0.15, 0.2) is 0 Å². The zero-order valence-corrected chi connectivity index (χ0v) is 9.49. The molecule has 0 aromatic heterocycles. The first-order chi connectivity index (χ1) is 7.13. The predicted octanol–water partition coefficient (Wildman–Crippen LogP) is 1.59. The average Bonchev–Trinajstić information content (AvgIpc) is 2.26. The molecule has 0 aromatic carbocycles. The molecule has 1 heterocycles. The summed E-state index contributed by atoms with van der Waals surface area (Å²) in [5, 5.41) is 11.6. The Morgan fingerprint density at radius 2 is 2.13 bits per heavy atom. The highest BCUT2D eigenvalue weighted by molar-refractivity contribution is 5.74. The number of carbonyl (C=O) groups excluding carboxylic acids is 1. The lowest BCUT2D eigenvalue weighted by atomic mass is 9.99. The number of carbonyl (C=O) groups is 1. The van der Waals surface area contributed by atoms with E-state index in [1.54, 1.807) is 4.90 Å². The van der Waals surface area contributed by atoms with Crippen LogP contribution in [0, 0.1) is 23.2 Å². The van der Waals surface area contributed by atoms with E-state index in [0.29, 0.717) is 19.0 Å². The summed E-state index contributed by atoms with van der Waals surface area (Å²) in [5.74, 6) is 0.616. The fourth-order valence-electron chi connectivity index (χ4n) is 1.61. The smallest absolute Gasteiger partial charge is 0.317 e. The van der Waals surface area contributed by atoms with Crippen LogP contribution in [0.5, 0.6) is 0 Å². The number of urea groups is 1. The van der Waals surface area contributed by atoms with E-state index in [-0.39, 0.29) is 11.9 Å². The van der Waals surface area contributed by atoms with Crippen molar-refractivity contribution in [3.8, 4) is 6.07 Å². The van der Waals surface area contributed by atoms with Gasteiger partial charge in [0.05, 0.1) is 6.07 Å². The van der Waals surface area contributed by atoms with E-state index in [0.717, 1.165) is 19.4 Å². The molecule has 2 amide bonds. The lowest BCUT2D eigenvalue weighted by Gasteiger charge is -2.29. The van der Waals surface area contributed by atoms with Crippen LogP contribution in [-0.2, 0) is 0 Å². The number of rotatable bonds is 2. The number of likely N-dealkylation sites (tertiary alicyclic amines) is 1. The Kier molecular flexibility index (Phi) is 4.41. The Balaban J connectivity index is 2.27. The first kappa shape index (κ1) is 11.8. The Hall–Kier alpha value is -1.24. The minimum atomic E-state index is 0.0140. The molecule has 1 saturated heterocycles. The van der Waals surface area contributed by atoms with Gasteiger partial charge in [-0.05, 0) is 18.8 Å². The normalized spacial score (nSPS) is 17.6. The zero-order valence-electron chi connectivity index (χ0n) is 9.49. The molecule has 0 spiro atoms. The zero-order chi connectivity index (χ0) is 11.3. The fourth-order valence-corrected chi connectivity index (χ4v) is 1.61. The maximum Gasteiger partial charge on any atom is 0.317 e. The molecule has 0 bridgehead atoms. The maximum atomic E-state index is 11.6. The molecule has 1 fully saturated rings. The molecule has 0 atom stereocenters. The van der Waals surface area contributed by atoms with Crippen molar-refractivity contribution >= 4 is 6.03 Å². The minimum absolute atomic E-state index is 0.0140. The van der Waals surface area contributed by atoms with E-state index < -0.39 is 0 Å². The third-order valence-electron chi connectivity index (χ3n) is 2.63. The van der Waals surface area contributed by atoms with Gasteiger partial charge in [-0.1, -0.05) is 13.8 Å². The summed E-state index contributed by atoms with van der Waals surface area (Å²) in [6.07, 6.45) is 1.62. The van der Waals surface area contributed by atoms with Crippen molar-refractivity contribution in [2.45, 2.75) is 26.7 Å². The van der Waals surface area contributed by atoms with Gasteiger partial charge in [0.15, 0.2) is 0 Å². The summed E-state index contributed by atoms with van der Waals surface area (Å²) in [6.45, 7) is 6.28. The highest BCUT2D eigenvalue weighted by Crippen LogP contribution is 2.15. The lowest BCUT2D eigenvalue weighted by molar-refractivity contribution is 0.178. The number of nitrogens with one attached hydrogen (secondary N) is 1. The number of amides is 2. The van der Waals surface area contributed by atoms with Crippen molar-refractivity contribution in [1.29, 1.82) is 5.26 Å². The molecule has 1 aliphatic rings. The summed E-state index contributed by atoms with van der Waals surface area (Å²) in [5.41, 5.74) is 0. The summed E-state index contributed by atoms with van der Waals surface area (Å²) >= 11 is 0. The number of nitriles is 1. The first-order valence-electron chi connectivity index (χ1n) is 5.56. The molecule has 1 N–H and O–H groups in total. The minimum Gasteiger partial charge on any atom is -0.338 e. The molecule has 84 valence electrons. The van der Waals surface area contributed by atoms with E-state index >= 15 is 0 Å². The van der Waals surface area contributed by atoms with Crippen LogP contribution in [-0.4, -0.2) is 30.6 Å². The second kappa shape index (κ2) is 5.59. The van der Waals surface area contributed by atoms with Gasteiger partial charge in [0, 0.05) is 25.6 Å². The van der Waals surface area contributed by atoms with Gasteiger partial charge < -0.3 is 10.2 Å². The van der Waals surface area contributed by atoms with Gasteiger partial charge in [0.25, 0.3) is 0 Å². The summed E-state index contributed by atoms with van der Waals surface area (Å²) < 4.78 is 0.